The van der Waals surface area contributed by atoms with Gasteiger partial charge in [0.25, 0.3) is 5.91 Å². The average Bonchev–Trinajstić information content (AvgIpc) is 3.41. The van der Waals surface area contributed by atoms with Gasteiger partial charge in [-0.1, -0.05) is 36.8 Å². The van der Waals surface area contributed by atoms with Gasteiger partial charge in [-0.25, -0.2) is 4.79 Å². The van der Waals surface area contributed by atoms with Crippen molar-refractivity contribution in [3.63, 3.8) is 0 Å². The Balaban J connectivity index is 0.000000406. The number of aryl methyl sites for hydroxylation is 1. The summed E-state index contributed by atoms with van der Waals surface area (Å²) in [6.07, 6.45) is -2.26. The van der Waals surface area contributed by atoms with Crippen molar-refractivity contribution in [2.45, 2.75) is 51.4 Å². The first-order valence-electron chi connectivity index (χ1n) is 11.5. The molecular formula is C24H32F3N3O4. The van der Waals surface area contributed by atoms with Crippen LogP contribution in [0.15, 0.2) is 29.3 Å². The fourth-order valence-electron chi connectivity index (χ4n) is 5.24. The van der Waals surface area contributed by atoms with Crippen LogP contribution in [0.3, 0.4) is 0 Å². The SMILES string of the molecule is CCC1=N[C@@]2(CC[C@@H]3CN(Cc4ccc(C)cc4)C[C@@H]32)C(=O)N1CCOC.O=C(O)C(F)(F)F. The van der Waals surface area contributed by atoms with Gasteiger partial charge in [0.15, 0.2) is 0 Å². The number of fused-ring (bicyclic) bond motifs is 2. The number of hydrogen-bond donors (Lipinski definition) is 1. The third kappa shape index (κ3) is 5.43. The Kier molecular flexibility index (Phi) is 8.02. The molecule has 1 spiro atoms. The molecule has 1 saturated carbocycles. The summed E-state index contributed by atoms with van der Waals surface area (Å²) in [5.74, 6) is -0.642. The van der Waals surface area contributed by atoms with Gasteiger partial charge >= 0.3 is 12.1 Å². The molecule has 1 saturated heterocycles. The molecule has 4 rings (SSSR count). The second-order valence-corrected chi connectivity index (χ2v) is 9.14. The molecule has 34 heavy (non-hydrogen) atoms. The predicted octanol–water partition coefficient (Wildman–Crippen LogP) is 3.51. The molecule has 2 fully saturated rings. The number of rotatable bonds is 6. The number of ether oxygens (including phenoxy) is 1. The van der Waals surface area contributed by atoms with Gasteiger partial charge in [0.05, 0.1) is 13.2 Å². The van der Waals surface area contributed by atoms with Gasteiger partial charge in [-0.2, -0.15) is 13.2 Å². The highest BCUT2D eigenvalue weighted by atomic mass is 19.4. The summed E-state index contributed by atoms with van der Waals surface area (Å²) in [7, 11) is 1.69. The number of hydrogen-bond acceptors (Lipinski definition) is 5. The Bertz CT molecular complexity index is 919. The number of alkyl halides is 3. The smallest absolute Gasteiger partial charge is 0.475 e. The number of carboxylic acid groups (broad SMARTS) is 1. The minimum Gasteiger partial charge on any atom is -0.475 e. The van der Waals surface area contributed by atoms with Crippen molar-refractivity contribution in [1.82, 2.24) is 9.80 Å². The van der Waals surface area contributed by atoms with Crippen LogP contribution in [0.4, 0.5) is 13.2 Å². The third-order valence-corrected chi connectivity index (χ3v) is 6.89. The maximum absolute atomic E-state index is 13.4. The van der Waals surface area contributed by atoms with E-state index < -0.39 is 17.7 Å². The van der Waals surface area contributed by atoms with E-state index in [1.165, 1.54) is 11.1 Å². The molecule has 0 radical (unpaired) electrons. The summed E-state index contributed by atoms with van der Waals surface area (Å²) in [6, 6.07) is 8.80. The Morgan fingerprint density at radius 1 is 1.26 bits per heavy atom. The van der Waals surface area contributed by atoms with Crippen molar-refractivity contribution in [2.24, 2.45) is 16.8 Å². The zero-order valence-corrected chi connectivity index (χ0v) is 19.8. The number of nitrogens with zero attached hydrogens (tertiary/aromatic N) is 3. The monoisotopic (exact) mass is 483 g/mol. The average molecular weight is 484 g/mol. The number of carbonyl (C=O) groups excluding carboxylic acids is 1. The lowest BCUT2D eigenvalue weighted by Crippen LogP contribution is -2.47. The van der Waals surface area contributed by atoms with E-state index >= 15 is 0 Å². The zero-order chi connectivity index (χ0) is 25.1. The number of amides is 1. The number of carbonyl (C=O) groups is 2. The molecule has 188 valence electrons. The molecular weight excluding hydrogens is 451 g/mol. The topological polar surface area (TPSA) is 82.4 Å². The second-order valence-electron chi connectivity index (χ2n) is 9.14. The molecule has 0 bridgehead atoms. The van der Waals surface area contributed by atoms with E-state index in [1.54, 1.807) is 7.11 Å². The zero-order valence-electron chi connectivity index (χ0n) is 19.8. The van der Waals surface area contributed by atoms with Gasteiger partial charge in [0.1, 0.15) is 11.4 Å². The summed E-state index contributed by atoms with van der Waals surface area (Å²) in [6.45, 7) is 8.43. The minimum atomic E-state index is -5.08. The molecule has 1 aliphatic carbocycles. The molecule has 2 heterocycles. The van der Waals surface area contributed by atoms with Crippen molar-refractivity contribution in [2.75, 3.05) is 33.4 Å². The summed E-state index contributed by atoms with van der Waals surface area (Å²) >= 11 is 0. The molecule has 0 aromatic heterocycles. The molecule has 3 aliphatic rings. The number of aliphatic imine (C=N–C) groups is 1. The Labute approximate surface area is 197 Å². The normalized spacial score (nSPS) is 26.5. The van der Waals surface area contributed by atoms with Crippen LogP contribution in [-0.2, 0) is 20.9 Å². The summed E-state index contributed by atoms with van der Waals surface area (Å²) in [4.78, 5) is 31.8. The van der Waals surface area contributed by atoms with Gasteiger partial charge in [-0.3, -0.25) is 19.6 Å². The van der Waals surface area contributed by atoms with Crippen LogP contribution >= 0.6 is 0 Å². The van der Waals surface area contributed by atoms with E-state index in [-0.39, 0.29) is 5.91 Å². The van der Waals surface area contributed by atoms with Gasteiger partial charge in [0, 0.05) is 39.1 Å². The van der Waals surface area contributed by atoms with Crippen LogP contribution in [0.25, 0.3) is 0 Å². The first kappa shape index (κ1) is 26.2. The van der Waals surface area contributed by atoms with Crippen molar-refractivity contribution < 1.29 is 32.6 Å². The molecule has 10 heteroatoms. The Morgan fingerprint density at radius 2 is 1.91 bits per heavy atom. The van der Waals surface area contributed by atoms with Crippen LogP contribution < -0.4 is 0 Å². The van der Waals surface area contributed by atoms with E-state index in [0.29, 0.717) is 25.0 Å². The number of aliphatic carboxylic acids is 1. The highest BCUT2D eigenvalue weighted by Crippen LogP contribution is 2.50. The number of methoxy groups -OCH3 is 1. The van der Waals surface area contributed by atoms with Crippen molar-refractivity contribution >= 4 is 17.7 Å². The summed E-state index contributed by atoms with van der Waals surface area (Å²) < 4.78 is 37.0. The first-order chi connectivity index (χ1) is 16.0. The number of amidine groups is 1. The molecule has 7 nitrogen and oxygen atoms in total. The number of carboxylic acids is 1. The molecule has 0 unspecified atom stereocenters. The van der Waals surface area contributed by atoms with Crippen LogP contribution in [0.1, 0.15) is 37.3 Å². The summed E-state index contributed by atoms with van der Waals surface area (Å²) in [5, 5.41) is 7.12. The maximum atomic E-state index is 13.4. The second kappa shape index (κ2) is 10.4. The third-order valence-electron chi connectivity index (χ3n) is 6.89. The van der Waals surface area contributed by atoms with E-state index in [2.05, 4.69) is 43.0 Å². The van der Waals surface area contributed by atoms with Crippen molar-refractivity contribution in [3.05, 3.63) is 35.4 Å². The van der Waals surface area contributed by atoms with Crippen molar-refractivity contribution in [1.29, 1.82) is 0 Å². The van der Waals surface area contributed by atoms with Crippen LogP contribution in [0.5, 0.6) is 0 Å². The van der Waals surface area contributed by atoms with Crippen LogP contribution in [0, 0.1) is 18.8 Å². The number of likely N-dealkylation sites (tertiary alicyclic amines) is 1. The maximum Gasteiger partial charge on any atom is 0.490 e. The van der Waals surface area contributed by atoms with Gasteiger partial charge in [0.2, 0.25) is 0 Å². The molecule has 3 atom stereocenters. The molecule has 2 aliphatic heterocycles. The first-order valence-corrected chi connectivity index (χ1v) is 11.5. The molecule has 1 N–H and O–H groups in total. The van der Waals surface area contributed by atoms with E-state index in [9.17, 15) is 18.0 Å². The Morgan fingerprint density at radius 3 is 2.47 bits per heavy atom. The quantitative estimate of drug-likeness (QED) is 0.670. The highest BCUT2D eigenvalue weighted by Gasteiger charge is 2.60. The van der Waals surface area contributed by atoms with Crippen LogP contribution in [-0.4, -0.2) is 77.7 Å². The van der Waals surface area contributed by atoms with Gasteiger partial charge in [-0.05, 0) is 31.2 Å². The lowest BCUT2D eigenvalue weighted by Gasteiger charge is -2.28. The molecule has 1 aromatic carbocycles. The highest BCUT2D eigenvalue weighted by molar-refractivity contribution is 6.08. The van der Waals surface area contributed by atoms with E-state index in [4.69, 9.17) is 19.6 Å². The lowest BCUT2D eigenvalue weighted by atomic mass is 9.85. The summed E-state index contributed by atoms with van der Waals surface area (Å²) in [5.41, 5.74) is 2.14. The molecule has 1 aromatic rings. The van der Waals surface area contributed by atoms with E-state index in [1.807, 2.05) is 4.90 Å². The number of benzene rings is 1. The number of halogens is 3. The fourth-order valence-corrected chi connectivity index (χ4v) is 5.24. The fraction of sp³-hybridized carbons (Fsp3) is 0.625. The molecule has 1 amide bonds. The van der Waals surface area contributed by atoms with E-state index in [0.717, 1.165) is 44.7 Å². The largest absolute Gasteiger partial charge is 0.490 e. The van der Waals surface area contributed by atoms with Crippen molar-refractivity contribution in [3.8, 4) is 0 Å². The Hall–Kier alpha value is -2.46. The standard InChI is InChI=1S/C22H31N3O2.C2HF3O2/c1-4-20-23-22(21(26)25(20)11-12-27-3)10-9-18-14-24(15-19(18)22)13-17-7-5-16(2)6-8-17;3-2(4,5)1(6)7/h5-8,18-19H,4,9-15H2,1-3H3;(H,6,7)/t18-,19+,22-;/m1./s1. The predicted molar refractivity (Wildman–Crippen MR) is 120 cm³/mol. The van der Waals surface area contributed by atoms with Gasteiger partial charge < -0.3 is 9.84 Å². The van der Waals surface area contributed by atoms with Gasteiger partial charge in [-0.15, -0.1) is 0 Å². The van der Waals surface area contributed by atoms with Crippen LogP contribution in [0.2, 0.25) is 0 Å². The lowest BCUT2D eigenvalue weighted by molar-refractivity contribution is -0.192. The minimum absolute atomic E-state index is 0.223.